The van der Waals surface area contributed by atoms with Crippen molar-refractivity contribution in [1.82, 2.24) is 15.6 Å². The third-order valence-corrected chi connectivity index (χ3v) is 5.91. The van der Waals surface area contributed by atoms with E-state index in [1.165, 1.54) is 16.5 Å². The van der Waals surface area contributed by atoms with Crippen LogP contribution in [0.5, 0.6) is 0 Å². The number of nitrogens with zero attached hydrogens (tertiary/aromatic N) is 1. The fraction of sp³-hybridized carbons (Fsp3) is 0.467. The van der Waals surface area contributed by atoms with Gasteiger partial charge in [-0.05, 0) is 37.6 Å². The van der Waals surface area contributed by atoms with Crippen molar-refractivity contribution in [3.63, 3.8) is 0 Å². The number of thiazole rings is 1. The molecule has 2 N–H and O–H groups in total. The average molecular weight is 321 g/mol. The molecule has 2 atom stereocenters. The minimum atomic E-state index is 0.109. The summed E-state index contributed by atoms with van der Waals surface area (Å²) in [5, 5.41) is 6.50. The van der Waals surface area contributed by atoms with E-state index in [1.54, 1.807) is 11.3 Å². The fourth-order valence-electron chi connectivity index (χ4n) is 2.52. The van der Waals surface area contributed by atoms with Crippen LogP contribution in [0.3, 0.4) is 0 Å². The highest BCUT2D eigenvalue weighted by molar-refractivity contribution is 8.01. The first-order valence-electron chi connectivity index (χ1n) is 7.21. The lowest BCUT2D eigenvalue weighted by Gasteiger charge is -2.30. The van der Waals surface area contributed by atoms with Crippen molar-refractivity contribution in [1.29, 1.82) is 0 Å². The smallest absolute Gasteiger partial charge is 0.230 e. The zero-order valence-corrected chi connectivity index (χ0v) is 13.6. The monoisotopic (exact) mass is 321 g/mol. The van der Waals surface area contributed by atoms with Crippen LogP contribution in [0.4, 0.5) is 0 Å². The van der Waals surface area contributed by atoms with Crippen LogP contribution in [0.15, 0.2) is 28.6 Å². The highest BCUT2D eigenvalue weighted by Crippen LogP contribution is 2.29. The molecule has 0 bridgehead atoms. The largest absolute Gasteiger partial charge is 0.352 e. The van der Waals surface area contributed by atoms with Gasteiger partial charge in [0.15, 0.2) is 4.34 Å². The molecule has 1 aliphatic rings. The van der Waals surface area contributed by atoms with E-state index in [2.05, 4.69) is 28.6 Å². The first kappa shape index (κ1) is 14.8. The predicted octanol–water partition coefficient (Wildman–Crippen LogP) is 2.50. The Kier molecular flexibility index (Phi) is 4.77. The molecule has 1 amide bonds. The number of hydrogen-bond acceptors (Lipinski definition) is 5. The van der Waals surface area contributed by atoms with Gasteiger partial charge in [-0.3, -0.25) is 4.79 Å². The molecule has 21 heavy (non-hydrogen) atoms. The summed E-state index contributed by atoms with van der Waals surface area (Å²) in [5.74, 6) is 1.05. The molecule has 1 aliphatic heterocycles. The number of fused-ring (bicyclic) bond motifs is 1. The number of rotatable bonds is 4. The van der Waals surface area contributed by atoms with E-state index >= 15 is 0 Å². The Morgan fingerprint density at radius 1 is 1.52 bits per heavy atom. The van der Waals surface area contributed by atoms with E-state index in [0.717, 1.165) is 29.4 Å². The molecule has 6 heteroatoms. The van der Waals surface area contributed by atoms with Gasteiger partial charge in [0, 0.05) is 6.04 Å². The van der Waals surface area contributed by atoms with E-state index in [9.17, 15) is 4.79 Å². The van der Waals surface area contributed by atoms with Crippen LogP contribution in [-0.4, -0.2) is 35.8 Å². The van der Waals surface area contributed by atoms with E-state index in [4.69, 9.17) is 0 Å². The first-order valence-corrected chi connectivity index (χ1v) is 9.01. The van der Waals surface area contributed by atoms with Gasteiger partial charge in [-0.1, -0.05) is 30.8 Å². The molecule has 4 nitrogen and oxygen atoms in total. The Balaban J connectivity index is 1.53. The number of piperidine rings is 1. The van der Waals surface area contributed by atoms with Gasteiger partial charge >= 0.3 is 0 Å². The lowest BCUT2D eigenvalue weighted by molar-refractivity contribution is -0.119. The third kappa shape index (κ3) is 3.75. The van der Waals surface area contributed by atoms with Crippen LogP contribution in [0, 0.1) is 5.92 Å². The molecular formula is C15H19N3OS2. The minimum Gasteiger partial charge on any atom is -0.352 e. The van der Waals surface area contributed by atoms with Crippen LogP contribution in [0.25, 0.3) is 10.2 Å². The van der Waals surface area contributed by atoms with Crippen LogP contribution >= 0.6 is 23.1 Å². The summed E-state index contributed by atoms with van der Waals surface area (Å²) in [6.07, 6.45) is 1.01. The Morgan fingerprint density at radius 3 is 3.19 bits per heavy atom. The maximum absolute atomic E-state index is 12.1. The summed E-state index contributed by atoms with van der Waals surface area (Å²) >= 11 is 3.17. The molecule has 0 saturated carbocycles. The van der Waals surface area contributed by atoms with Crippen molar-refractivity contribution in [2.24, 2.45) is 5.92 Å². The zero-order chi connectivity index (χ0) is 14.7. The van der Waals surface area contributed by atoms with E-state index in [1.807, 2.05) is 18.2 Å². The summed E-state index contributed by atoms with van der Waals surface area (Å²) in [6, 6.07) is 8.37. The fourth-order valence-corrected chi connectivity index (χ4v) is 4.40. The summed E-state index contributed by atoms with van der Waals surface area (Å²) in [5.41, 5.74) is 1.01. The molecule has 0 aliphatic carbocycles. The number of amides is 1. The second-order valence-electron chi connectivity index (χ2n) is 5.38. The van der Waals surface area contributed by atoms with Gasteiger partial charge in [0.1, 0.15) is 0 Å². The molecule has 1 saturated heterocycles. The number of nitrogens with one attached hydrogen (secondary N) is 2. The maximum Gasteiger partial charge on any atom is 0.230 e. The zero-order valence-electron chi connectivity index (χ0n) is 12.0. The van der Waals surface area contributed by atoms with Crippen LogP contribution in [-0.2, 0) is 4.79 Å². The molecule has 3 rings (SSSR count). The van der Waals surface area contributed by atoms with Crippen LogP contribution in [0.2, 0.25) is 0 Å². The number of hydrogen-bond donors (Lipinski definition) is 2. The second-order valence-corrected chi connectivity index (χ2v) is 7.63. The maximum atomic E-state index is 12.1. The predicted molar refractivity (Wildman–Crippen MR) is 88.9 cm³/mol. The number of carbonyl (C=O) groups is 1. The number of benzene rings is 1. The number of aromatic nitrogens is 1. The van der Waals surface area contributed by atoms with Crippen molar-refractivity contribution in [3.05, 3.63) is 24.3 Å². The molecule has 1 aromatic heterocycles. The standard InChI is InChI=1S/C15H19N3OS2/c1-10-8-16-7-6-11(10)17-14(19)9-20-15-18-12-4-2-3-5-13(12)21-15/h2-5,10-11,16H,6-9H2,1H3,(H,17,19). The Morgan fingerprint density at radius 2 is 2.38 bits per heavy atom. The minimum absolute atomic E-state index is 0.109. The topological polar surface area (TPSA) is 54.0 Å². The highest BCUT2D eigenvalue weighted by atomic mass is 32.2. The van der Waals surface area contributed by atoms with Gasteiger partial charge < -0.3 is 10.6 Å². The summed E-state index contributed by atoms with van der Waals surface area (Å²) in [6.45, 7) is 4.15. The molecule has 2 unspecified atom stereocenters. The molecular weight excluding hydrogens is 302 g/mol. The molecule has 2 aromatic rings. The molecule has 0 radical (unpaired) electrons. The quantitative estimate of drug-likeness (QED) is 0.850. The number of carbonyl (C=O) groups excluding carboxylic acids is 1. The van der Waals surface area contributed by atoms with Gasteiger partial charge in [0.25, 0.3) is 0 Å². The Hall–Kier alpha value is -1.11. The Bertz CT molecular complexity index is 595. The Labute approximate surface area is 132 Å². The number of para-hydroxylation sites is 1. The van der Waals surface area contributed by atoms with E-state index < -0.39 is 0 Å². The van der Waals surface area contributed by atoms with Crippen molar-refractivity contribution in [3.8, 4) is 0 Å². The lowest BCUT2D eigenvalue weighted by Crippen LogP contribution is -2.48. The second kappa shape index (κ2) is 6.77. The number of thioether (sulfide) groups is 1. The van der Waals surface area contributed by atoms with Crippen molar-refractivity contribution in [2.75, 3.05) is 18.8 Å². The summed E-state index contributed by atoms with van der Waals surface area (Å²) < 4.78 is 2.14. The van der Waals surface area contributed by atoms with Crippen molar-refractivity contribution < 1.29 is 4.79 Å². The first-order chi connectivity index (χ1) is 10.2. The third-order valence-electron chi connectivity index (χ3n) is 3.73. The molecule has 2 heterocycles. The van der Waals surface area contributed by atoms with Gasteiger partial charge in [0.05, 0.1) is 16.0 Å². The van der Waals surface area contributed by atoms with Crippen LogP contribution in [0.1, 0.15) is 13.3 Å². The average Bonchev–Trinajstić information content (AvgIpc) is 2.90. The van der Waals surface area contributed by atoms with Crippen molar-refractivity contribution in [2.45, 2.75) is 23.7 Å². The molecule has 1 aromatic carbocycles. The summed E-state index contributed by atoms with van der Waals surface area (Å²) in [4.78, 5) is 16.6. The normalized spacial score (nSPS) is 22.3. The lowest BCUT2D eigenvalue weighted by atomic mass is 9.95. The van der Waals surface area contributed by atoms with Gasteiger partial charge in [-0.25, -0.2) is 4.98 Å². The van der Waals surface area contributed by atoms with Gasteiger partial charge in [0.2, 0.25) is 5.91 Å². The van der Waals surface area contributed by atoms with Gasteiger partial charge in [-0.2, -0.15) is 0 Å². The molecule has 1 fully saturated rings. The van der Waals surface area contributed by atoms with Crippen LogP contribution < -0.4 is 10.6 Å². The van der Waals surface area contributed by atoms with Crippen molar-refractivity contribution >= 4 is 39.2 Å². The van der Waals surface area contributed by atoms with E-state index in [-0.39, 0.29) is 5.91 Å². The molecule has 112 valence electrons. The van der Waals surface area contributed by atoms with Gasteiger partial charge in [-0.15, -0.1) is 11.3 Å². The summed E-state index contributed by atoms with van der Waals surface area (Å²) in [7, 11) is 0. The van der Waals surface area contributed by atoms with E-state index in [0.29, 0.717) is 17.7 Å². The highest BCUT2D eigenvalue weighted by Gasteiger charge is 2.22. The SMILES string of the molecule is CC1CNCCC1NC(=O)CSc1nc2ccccc2s1. The molecule has 0 spiro atoms.